The fraction of sp³-hybridized carbons (Fsp3) is 0.278. The summed E-state index contributed by atoms with van der Waals surface area (Å²) >= 11 is 0. The number of aryl methyl sites for hydroxylation is 1. The molecule has 0 fully saturated rings. The molecule has 0 bridgehead atoms. The summed E-state index contributed by atoms with van der Waals surface area (Å²) in [5, 5.41) is 4.11. The molecule has 0 aromatic carbocycles. The summed E-state index contributed by atoms with van der Waals surface area (Å²) < 4.78 is 16.1. The molecule has 0 aliphatic heterocycles. The van der Waals surface area contributed by atoms with Crippen LogP contribution in [0.2, 0.25) is 0 Å². The Hall–Kier alpha value is -2.96. The molecule has 7 heteroatoms. The number of imidazole rings is 1. The van der Waals surface area contributed by atoms with E-state index in [2.05, 4.69) is 39.1 Å². The van der Waals surface area contributed by atoms with Crippen molar-refractivity contribution in [2.45, 2.75) is 33.2 Å². The van der Waals surface area contributed by atoms with Crippen molar-refractivity contribution in [3.63, 3.8) is 0 Å². The third-order valence-electron chi connectivity index (χ3n) is 4.48. The summed E-state index contributed by atoms with van der Waals surface area (Å²) in [7, 11) is 0. The van der Waals surface area contributed by atoms with Crippen LogP contribution in [0.4, 0.5) is 10.3 Å². The van der Waals surface area contributed by atoms with E-state index in [1.54, 1.807) is 16.8 Å². The molecule has 4 heterocycles. The lowest BCUT2D eigenvalue weighted by Gasteiger charge is -2.10. The van der Waals surface area contributed by atoms with Crippen LogP contribution in [0.25, 0.3) is 27.8 Å². The van der Waals surface area contributed by atoms with E-state index in [0.717, 1.165) is 34.3 Å². The fourth-order valence-electron chi connectivity index (χ4n) is 2.85. The Bertz CT molecular complexity index is 1060. The first-order chi connectivity index (χ1) is 12.1. The van der Waals surface area contributed by atoms with Gasteiger partial charge in [0.1, 0.15) is 5.65 Å². The van der Waals surface area contributed by atoms with E-state index in [0.29, 0.717) is 17.6 Å². The van der Waals surface area contributed by atoms with E-state index in [1.807, 2.05) is 19.3 Å². The number of halogens is 1. The SMILES string of the molecule is CC[C@H](C)Nc1ncc2c(-c3cc(F)c4ncc(C)n4c3)c[nH]c2n1. The van der Waals surface area contributed by atoms with E-state index in [-0.39, 0.29) is 5.82 Å². The highest BCUT2D eigenvalue weighted by Crippen LogP contribution is 2.29. The van der Waals surface area contributed by atoms with Crippen molar-refractivity contribution in [2.75, 3.05) is 5.32 Å². The van der Waals surface area contributed by atoms with E-state index in [1.165, 1.54) is 6.07 Å². The zero-order valence-electron chi connectivity index (χ0n) is 14.3. The number of H-pyrrole nitrogens is 1. The molecule has 0 saturated heterocycles. The summed E-state index contributed by atoms with van der Waals surface area (Å²) in [6.07, 6.45) is 8.13. The minimum Gasteiger partial charge on any atom is -0.352 e. The van der Waals surface area contributed by atoms with Gasteiger partial charge in [-0.05, 0) is 26.3 Å². The lowest BCUT2D eigenvalue weighted by atomic mass is 10.1. The zero-order valence-corrected chi connectivity index (χ0v) is 14.3. The van der Waals surface area contributed by atoms with Crippen LogP contribution in [0.15, 0.2) is 30.9 Å². The first kappa shape index (κ1) is 15.6. The number of fused-ring (bicyclic) bond motifs is 2. The third-order valence-corrected chi connectivity index (χ3v) is 4.48. The first-order valence-corrected chi connectivity index (χ1v) is 8.31. The van der Waals surface area contributed by atoms with Gasteiger partial charge < -0.3 is 14.7 Å². The number of pyridine rings is 1. The lowest BCUT2D eigenvalue weighted by molar-refractivity contribution is 0.630. The van der Waals surface area contributed by atoms with Crippen molar-refractivity contribution in [2.24, 2.45) is 0 Å². The van der Waals surface area contributed by atoms with Crippen molar-refractivity contribution < 1.29 is 4.39 Å². The average molecular weight is 338 g/mol. The lowest BCUT2D eigenvalue weighted by Crippen LogP contribution is -2.15. The molecular formula is C18H19FN6. The van der Waals surface area contributed by atoms with Crippen LogP contribution in [0.1, 0.15) is 26.0 Å². The first-order valence-electron chi connectivity index (χ1n) is 8.31. The monoisotopic (exact) mass is 338 g/mol. The maximum Gasteiger partial charge on any atom is 0.224 e. The molecule has 0 unspecified atom stereocenters. The van der Waals surface area contributed by atoms with Crippen LogP contribution in [0, 0.1) is 12.7 Å². The Labute approximate surface area is 144 Å². The number of hydrogen-bond donors (Lipinski definition) is 2. The van der Waals surface area contributed by atoms with Crippen LogP contribution in [-0.2, 0) is 0 Å². The third kappa shape index (κ3) is 2.61. The van der Waals surface area contributed by atoms with Gasteiger partial charge >= 0.3 is 0 Å². The molecule has 0 aliphatic carbocycles. The van der Waals surface area contributed by atoms with Gasteiger partial charge in [-0.1, -0.05) is 6.92 Å². The number of anilines is 1. The number of nitrogens with one attached hydrogen (secondary N) is 2. The summed E-state index contributed by atoms with van der Waals surface area (Å²) in [6.45, 7) is 6.08. The van der Waals surface area contributed by atoms with E-state index < -0.39 is 0 Å². The Morgan fingerprint density at radius 3 is 2.96 bits per heavy atom. The molecule has 4 aromatic rings. The molecule has 25 heavy (non-hydrogen) atoms. The van der Waals surface area contributed by atoms with Crippen molar-refractivity contribution in [3.05, 3.63) is 42.4 Å². The maximum absolute atomic E-state index is 14.4. The highest BCUT2D eigenvalue weighted by molar-refractivity contribution is 5.93. The maximum atomic E-state index is 14.4. The van der Waals surface area contributed by atoms with Gasteiger partial charge in [-0.25, -0.2) is 14.4 Å². The Morgan fingerprint density at radius 1 is 1.32 bits per heavy atom. The smallest absolute Gasteiger partial charge is 0.224 e. The quantitative estimate of drug-likeness (QED) is 0.591. The second kappa shape index (κ2) is 5.84. The highest BCUT2D eigenvalue weighted by Gasteiger charge is 2.13. The standard InChI is InChI=1S/C18H19FN6/c1-4-10(2)23-18-22-8-14-13(7-20-16(14)24-18)12-5-15(19)17-21-6-11(3)25(17)9-12/h5-10H,4H2,1-3H3,(H2,20,22,23,24)/t10-/m0/s1. The van der Waals surface area contributed by atoms with Gasteiger partial charge in [0, 0.05) is 53.0 Å². The van der Waals surface area contributed by atoms with Crippen LogP contribution in [-0.4, -0.2) is 30.4 Å². The molecule has 6 nitrogen and oxygen atoms in total. The van der Waals surface area contributed by atoms with Crippen molar-refractivity contribution in [1.82, 2.24) is 24.3 Å². The van der Waals surface area contributed by atoms with Crippen LogP contribution in [0.3, 0.4) is 0 Å². The van der Waals surface area contributed by atoms with Crippen molar-refractivity contribution in [1.29, 1.82) is 0 Å². The van der Waals surface area contributed by atoms with E-state index in [9.17, 15) is 4.39 Å². The van der Waals surface area contributed by atoms with Crippen LogP contribution < -0.4 is 5.32 Å². The van der Waals surface area contributed by atoms with Crippen LogP contribution in [0.5, 0.6) is 0 Å². The van der Waals surface area contributed by atoms with Gasteiger partial charge in [0.15, 0.2) is 11.5 Å². The second-order valence-electron chi connectivity index (χ2n) is 6.28. The van der Waals surface area contributed by atoms with Crippen LogP contribution >= 0.6 is 0 Å². The summed E-state index contributed by atoms with van der Waals surface area (Å²) in [5.74, 6) is 0.235. The van der Waals surface area contributed by atoms with Gasteiger partial charge in [-0.15, -0.1) is 0 Å². The summed E-state index contributed by atoms with van der Waals surface area (Å²) in [5.41, 5.74) is 3.55. The molecule has 128 valence electrons. The molecule has 0 saturated carbocycles. The topological polar surface area (TPSA) is 70.9 Å². The molecular weight excluding hydrogens is 319 g/mol. The molecule has 4 rings (SSSR count). The number of hydrogen-bond acceptors (Lipinski definition) is 4. The minimum atomic E-state index is -0.351. The van der Waals surface area contributed by atoms with Crippen molar-refractivity contribution >= 4 is 22.6 Å². The Morgan fingerprint density at radius 2 is 2.16 bits per heavy atom. The predicted molar refractivity (Wildman–Crippen MR) is 96.1 cm³/mol. The number of nitrogens with zero attached hydrogens (tertiary/aromatic N) is 4. The molecule has 0 aliphatic rings. The number of aromatic amines is 1. The molecule has 0 radical (unpaired) electrons. The number of rotatable bonds is 4. The largest absolute Gasteiger partial charge is 0.352 e. The Kier molecular flexibility index (Phi) is 3.63. The van der Waals surface area contributed by atoms with Gasteiger partial charge in [0.2, 0.25) is 5.95 Å². The zero-order chi connectivity index (χ0) is 17.6. The van der Waals surface area contributed by atoms with Gasteiger partial charge in [0.05, 0.1) is 0 Å². The molecule has 0 amide bonds. The molecule has 4 aromatic heterocycles. The average Bonchev–Trinajstić information content (AvgIpc) is 3.18. The molecule has 0 spiro atoms. The fourth-order valence-corrected chi connectivity index (χ4v) is 2.85. The number of aromatic nitrogens is 5. The summed E-state index contributed by atoms with van der Waals surface area (Å²) in [6, 6.07) is 1.79. The highest BCUT2D eigenvalue weighted by atomic mass is 19.1. The molecule has 2 N–H and O–H groups in total. The summed E-state index contributed by atoms with van der Waals surface area (Å²) in [4.78, 5) is 16.2. The normalized spacial score (nSPS) is 12.8. The van der Waals surface area contributed by atoms with E-state index in [4.69, 9.17) is 0 Å². The molecule has 1 atom stereocenters. The van der Waals surface area contributed by atoms with Gasteiger partial charge in [-0.2, -0.15) is 4.98 Å². The Balaban J connectivity index is 1.80. The van der Waals surface area contributed by atoms with Gasteiger partial charge in [-0.3, -0.25) is 0 Å². The van der Waals surface area contributed by atoms with Crippen molar-refractivity contribution in [3.8, 4) is 11.1 Å². The minimum absolute atomic E-state index is 0.299. The van der Waals surface area contributed by atoms with E-state index >= 15 is 0 Å². The predicted octanol–water partition coefficient (Wildman–Crippen LogP) is 3.93. The van der Waals surface area contributed by atoms with Gasteiger partial charge in [0.25, 0.3) is 0 Å². The second-order valence-corrected chi connectivity index (χ2v) is 6.28.